The molecule has 0 aromatic carbocycles. The maximum absolute atomic E-state index is 11.0. The second-order valence-electron chi connectivity index (χ2n) is 3.42. The average molecular weight is 187 g/mol. The van der Waals surface area contributed by atoms with Gasteiger partial charge >= 0.3 is 0 Å². The molecule has 1 heterocycles. The van der Waals surface area contributed by atoms with E-state index in [2.05, 4.69) is 0 Å². The monoisotopic (exact) mass is 187 g/mol. The summed E-state index contributed by atoms with van der Waals surface area (Å²) in [5.41, 5.74) is 0. The van der Waals surface area contributed by atoms with Gasteiger partial charge in [-0.25, -0.2) is 0 Å². The minimum absolute atomic E-state index is 0.0726. The fourth-order valence-corrected chi connectivity index (χ4v) is 1.57. The lowest BCUT2D eigenvalue weighted by Crippen LogP contribution is -2.26. The molecule has 1 fully saturated rings. The van der Waals surface area contributed by atoms with Crippen LogP contribution in [0.25, 0.3) is 0 Å². The van der Waals surface area contributed by atoms with Crippen LogP contribution < -0.4 is 0 Å². The van der Waals surface area contributed by atoms with Crippen molar-refractivity contribution >= 4 is 5.91 Å². The molecule has 4 nitrogen and oxygen atoms in total. The van der Waals surface area contributed by atoms with Crippen molar-refractivity contribution in [3.8, 4) is 0 Å². The van der Waals surface area contributed by atoms with Crippen LogP contribution in [0.1, 0.15) is 13.3 Å². The summed E-state index contributed by atoms with van der Waals surface area (Å²) in [6.45, 7) is 4.38. The Morgan fingerprint density at radius 2 is 2.46 bits per heavy atom. The van der Waals surface area contributed by atoms with Gasteiger partial charge in [0.1, 0.15) is 0 Å². The Morgan fingerprint density at radius 3 is 3.00 bits per heavy atom. The van der Waals surface area contributed by atoms with Gasteiger partial charge in [0, 0.05) is 25.9 Å². The number of hydrogen-bond donors (Lipinski definition) is 1. The maximum Gasteiger partial charge on any atom is 0.219 e. The molecule has 0 bridgehead atoms. The Labute approximate surface area is 78.5 Å². The van der Waals surface area contributed by atoms with Crippen molar-refractivity contribution in [2.75, 3.05) is 32.9 Å². The van der Waals surface area contributed by atoms with Crippen molar-refractivity contribution in [3.05, 3.63) is 0 Å². The van der Waals surface area contributed by atoms with E-state index in [1.807, 2.05) is 4.90 Å². The van der Waals surface area contributed by atoms with Gasteiger partial charge in [0.25, 0.3) is 0 Å². The van der Waals surface area contributed by atoms with Gasteiger partial charge in [-0.1, -0.05) is 0 Å². The van der Waals surface area contributed by atoms with E-state index in [-0.39, 0.29) is 12.5 Å². The summed E-state index contributed by atoms with van der Waals surface area (Å²) in [6, 6.07) is 0. The SMILES string of the molecule is CC(=O)N1CC[C@@H](COCCO)C1. The molecule has 1 rings (SSSR count). The number of amides is 1. The van der Waals surface area contributed by atoms with Crippen LogP contribution in [0.5, 0.6) is 0 Å². The zero-order chi connectivity index (χ0) is 9.68. The van der Waals surface area contributed by atoms with Gasteiger partial charge in [0.05, 0.1) is 19.8 Å². The number of carbonyl (C=O) groups excluding carboxylic acids is 1. The number of ether oxygens (including phenoxy) is 1. The molecule has 1 amide bonds. The molecule has 0 radical (unpaired) electrons. The van der Waals surface area contributed by atoms with Crippen LogP contribution >= 0.6 is 0 Å². The molecule has 0 aromatic heterocycles. The summed E-state index contributed by atoms with van der Waals surface area (Å²) >= 11 is 0. The number of rotatable bonds is 4. The van der Waals surface area contributed by atoms with E-state index in [0.717, 1.165) is 19.5 Å². The second-order valence-corrected chi connectivity index (χ2v) is 3.42. The van der Waals surface area contributed by atoms with Crippen LogP contribution in [0.4, 0.5) is 0 Å². The third kappa shape index (κ3) is 3.32. The molecular formula is C9H17NO3. The van der Waals surface area contributed by atoms with Crippen molar-refractivity contribution in [1.82, 2.24) is 4.90 Å². The van der Waals surface area contributed by atoms with Gasteiger partial charge in [-0.05, 0) is 6.42 Å². The summed E-state index contributed by atoms with van der Waals surface area (Å²) in [5.74, 6) is 0.597. The van der Waals surface area contributed by atoms with E-state index in [0.29, 0.717) is 19.1 Å². The van der Waals surface area contributed by atoms with Gasteiger partial charge < -0.3 is 14.7 Å². The fourth-order valence-electron chi connectivity index (χ4n) is 1.57. The predicted molar refractivity (Wildman–Crippen MR) is 48.3 cm³/mol. The van der Waals surface area contributed by atoms with Gasteiger partial charge in [-0.15, -0.1) is 0 Å². The highest BCUT2D eigenvalue weighted by molar-refractivity contribution is 5.73. The molecule has 76 valence electrons. The van der Waals surface area contributed by atoms with Crippen molar-refractivity contribution in [2.24, 2.45) is 5.92 Å². The van der Waals surface area contributed by atoms with Gasteiger partial charge in [0.2, 0.25) is 5.91 Å². The van der Waals surface area contributed by atoms with Crippen LogP contribution in [-0.4, -0.2) is 48.8 Å². The minimum Gasteiger partial charge on any atom is -0.394 e. The predicted octanol–water partition coefficient (Wildman–Crippen LogP) is -0.136. The molecule has 0 aliphatic carbocycles. The van der Waals surface area contributed by atoms with E-state index in [9.17, 15) is 4.79 Å². The van der Waals surface area contributed by atoms with Crippen molar-refractivity contribution in [1.29, 1.82) is 0 Å². The first-order chi connectivity index (χ1) is 6.24. The zero-order valence-electron chi connectivity index (χ0n) is 8.03. The maximum atomic E-state index is 11.0. The molecular weight excluding hydrogens is 170 g/mol. The Hall–Kier alpha value is -0.610. The number of nitrogens with zero attached hydrogens (tertiary/aromatic N) is 1. The summed E-state index contributed by atoms with van der Waals surface area (Å²) < 4.78 is 5.21. The molecule has 1 atom stereocenters. The first kappa shape index (κ1) is 10.5. The lowest BCUT2D eigenvalue weighted by molar-refractivity contribution is -0.128. The van der Waals surface area contributed by atoms with Gasteiger partial charge in [-0.2, -0.15) is 0 Å². The molecule has 0 unspecified atom stereocenters. The van der Waals surface area contributed by atoms with Gasteiger partial charge in [0.15, 0.2) is 0 Å². The zero-order valence-corrected chi connectivity index (χ0v) is 8.03. The number of aliphatic hydroxyl groups is 1. The van der Waals surface area contributed by atoms with E-state index in [1.165, 1.54) is 0 Å². The molecule has 13 heavy (non-hydrogen) atoms. The summed E-state index contributed by atoms with van der Waals surface area (Å²) in [6.07, 6.45) is 1.02. The minimum atomic E-state index is 0.0726. The number of hydrogen-bond acceptors (Lipinski definition) is 3. The molecule has 4 heteroatoms. The summed E-state index contributed by atoms with van der Waals surface area (Å²) in [5, 5.41) is 8.49. The molecule has 1 saturated heterocycles. The molecule has 1 aliphatic rings. The second kappa shape index (κ2) is 5.19. The standard InChI is InChI=1S/C9H17NO3/c1-8(12)10-3-2-9(6-10)7-13-5-4-11/h9,11H,2-7H2,1H3/t9-/m1/s1. The van der Waals surface area contributed by atoms with E-state index < -0.39 is 0 Å². The summed E-state index contributed by atoms with van der Waals surface area (Å²) in [4.78, 5) is 12.8. The van der Waals surface area contributed by atoms with Crippen molar-refractivity contribution in [2.45, 2.75) is 13.3 Å². The highest BCUT2D eigenvalue weighted by atomic mass is 16.5. The quantitative estimate of drug-likeness (QED) is 0.623. The van der Waals surface area contributed by atoms with Crippen LogP contribution in [0, 0.1) is 5.92 Å². The van der Waals surface area contributed by atoms with Crippen LogP contribution in [0.2, 0.25) is 0 Å². The smallest absolute Gasteiger partial charge is 0.219 e. The molecule has 0 aromatic rings. The third-order valence-electron chi connectivity index (χ3n) is 2.32. The van der Waals surface area contributed by atoms with E-state index in [4.69, 9.17) is 9.84 Å². The first-order valence-corrected chi connectivity index (χ1v) is 4.68. The van der Waals surface area contributed by atoms with Crippen LogP contribution in [0.15, 0.2) is 0 Å². The molecule has 1 N–H and O–H groups in total. The molecule has 0 spiro atoms. The van der Waals surface area contributed by atoms with Crippen molar-refractivity contribution < 1.29 is 14.6 Å². The Bertz CT molecular complexity index is 172. The number of aliphatic hydroxyl groups excluding tert-OH is 1. The summed E-state index contributed by atoms with van der Waals surface area (Å²) in [7, 11) is 0. The Kier molecular flexibility index (Phi) is 4.18. The van der Waals surface area contributed by atoms with Crippen LogP contribution in [0.3, 0.4) is 0 Å². The van der Waals surface area contributed by atoms with Crippen molar-refractivity contribution in [3.63, 3.8) is 0 Å². The average Bonchev–Trinajstić information content (AvgIpc) is 2.53. The van der Waals surface area contributed by atoms with Gasteiger partial charge in [-0.3, -0.25) is 4.79 Å². The number of carbonyl (C=O) groups is 1. The lowest BCUT2D eigenvalue weighted by Gasteiger charge is -2.13. The highest BCUT2D eigenvalue weighted by Gasteiger charge is 2.23. The third-order valence-corrected chi connectivity index (χ3v) is 2.32. The normalized spacial score (nSPS) is 22.3. The largest absolute Gasteiger partial charge is 0.394 e. The van der Waals surface area contributed by atoms with Crippen LogP contribution in [-0.2, 0) is 9.53 Å². The van der Waals surface area contributed by atoms with E-state index in [1.54, 1.807) is 6.92 Å². The number of likely N-dealkylation sites (tertiary alicyclic amines) is 1. The first-order valence-electron chi connectivity index (χ1n) is 4.68. The topological polar surface area (TPSA) is 49.8 Å². The Morgan fingerprint density at radius 1 is 1.69 bits per heavy atom. The molecule has 0 saturated carbocycles. The highest BCUT2D eigenvalue weighted by Crippen LogP contribution is 2.16. The molecule has 1 aliphatic heterocycles. The Balaban J connectivity index is 2.14. The van der Waals surface area contributed by atoms with E-state index >= 15 is 0 Å². The lowest BCUT2D eigenvalue weighted by atomic mass is 10.1. The fraction of sp³-hybridized carbons (Fsp3) is 0.889.